The van der Waals surface area contributed by atoms with Gasteiger partial charge in [-0.3, -0.25) is 9.89 Å². The summed E-state index contributed by atoms with van der Waals surface area (Å²) in [6.07, 6.45) is 9.79. The summed E-state index contributed by atoms with van der Waals surface area (Å²) in [6, 6.07) is 18.6. The lowest BCUT2D eigenvalue weighted by atomic mass is 9.73. The molecule has 2 aliphatic heterocycles. The molecule has 3 nitrogen and oxygen atoms in total. The zero-order chi connectivity index (χ0) is 19.8. The molecule has 0 amide bonds. The van der Waals surface area contributed by atoms with Crippen LogP contribution in [0.1, 0.15) is 24.5 Å². The third kappa shape index (κ3) is 3.42. The molecular weight excluding hydrogens is 392 g/mol. The number of hydrogen-bond donors (Lipinski definition) is 0. The van der Waals surface area contributed by atoms with Gasteiger partial charge in [-0.2, -0.15) is 0 Å². The van der Waals surface area contributed by atoms with Crippen LogP contribution in [0.25, 0.3) is 0 Å². The topological polar surface area (TPSA) is 24.8 Å². The van der Waals surface area contributed by atoms with Gasteiger partial charge in [-0.1, -0.05) is 48.5 Å². The number of allylic oxidation sites excluding steroid dienone is 1. The molecule has 5 rings (SSSR count). The molecule has 1 fully saturated rings. The standard InChI is InChI=1S/C26H26N2O.ClH/c1-19-8-6-7-9-21(19)18-28-15-13-24-20(2)17-27-25-16-23(12-14-26(24,25)28)29-22-10-4-3-5-11-22;/h3-12,14,16-17,24H,13,15,18H2,1-2H3;1H. The highest BCUT2D eigenvalue weighted by Gasteiger charge is 2.52. The Balaban J connectivity index is 0.00000218. The Kier molecular flexibility index (Phi) is 5.68. The van der Waals surface area contributed by atoms with Gasteiger partial charge in [-0.15, -0.1) is 12.4 Å². The predicted molar refractivity (Wildman–Crippen MR) is 125 cm³/mol. The minimum absolute atomic E-state index is 0. The minimum atomic E-state index is -0.176. The fraction of sp³-hybridized carbons (Fsp3) is 0.269. The van der Waals surface area contributed by atoms with Crippen LogP contribution in [0.15, 0.2) is 95.3 Å². The van der Waals surface area contributed by atoms with E-state index in [1.54, 1.807) is 0 Å². The average Bonchev–Trinajstić information content (AvgIpc) is 3.10. The number of likely N-dealkylation sites (tertiary alicyclic amines) is 1. The Hall–Kier alpha value is -2.62. The van der Waals surface area contributed by atoms with Crippen LogP contribution < -0.4 is 4.74 Å². The predicted octanol–water partition coefficient (Wildman–Crippen LogP) is 5.87. The molecule has 1 saturated heterocycles. The van der Waals surface area contributed by atoms with Crippen LogP contribution in [0.2, 0.25) is 0 Å². The van der Waals surface area contributed by atoms with Crippen molar-refractivity contribution in [2.75, 3.05) is 6.54 Å². The molecule has 154 valence electrons. The number of para-hydroxylation sites is 1. The van der Waals surface area contributed by atoms with E-state index in [1.807, 2.05) is 36.5 Å². The number of ether oxygens (including phenoxy) is 1. The van der Waals surface area contributed by atoms with Gasteiger partial charge in [0.1, 0.15) is 11.5 Å². The van der Waals surface area contributed by atoms with Gasteiger partial charge in [0.25, 0.3) is 0 Å². The number of halogens is 1. The van der Waals surface area contributed by atoms with Crippen LogP contribution >= 0.6 is 12.4 Å². The lowest BCUT2D eigenvalue weighted by Gasteiger charge is -2.44. The molecule has 0 N–H and O–H groups in total. The second-order valence-electron chi connectivity index (χ2n) is 8.20. The largest absolute Gasteiger partial charge is 0.457 e. The SMILES string of the molecule is CC1=CN=C2C=C(Oc3ccccc3)C=CC23C1CCN3Cc1ccccc1C.Cl. The van der Waals surface area contributed by atoms with Crippen LogP contribution in [-0.4, -0.2) is 22.7 Å². The van der Waals surface area contributed by atoms with Crippen molar-refractivity contribution in [3.05, 3.63) is 101 Å². The van der Waals surface area contributed by atoms with E-state index in [0.29, 0.717) is 5.92 Å². The summed E-state index contributed by atoms with van der Waals surface area (Å²) >= 11 is 0. The van der Waals surface area contributed by atoms with Gasteiger partial charge in [0, 0.05) is 31.3 Å². The maximum atomic E-state index is 6.10. The van der Waals surface area contributed by atoms with E-state index in [-0.39, 0.29) is 17.9 Å². The van der Waals surface area contributed by atoms with Crippen LogP contribution in [0.4, 0.5) is 0 Å². The van der Waals surface area contributed by atoms with E-state index in [4.69, 9.17) is 9.73 Å². The number of aliphatic imine (C=N–C) groups is 1. The third-order valence-corrected chi connectivity index (χ3v) is 6.49. The lowest BCUT2D eigenvalue weighted by molar-refractivity contribution is 0.214. The molecule has 1 spiro atoms. The monoisotopic (exact) mass is 418 g/mol. The third-order valence-electron chi connectivity index (χ3n) is 6.49. The van der Waals surface area contributed by atoms with Gasteiger partial charge >= 0.3 is 0 Å². The summed E-state index contributed by atoms with van der Waals surface area (Å²) in [5.41, 5.74) is 5.01. The highest BCUT2D eigenvalue weighted by molar-refractivity contribution is 6.07. The quantitative estimate of drug-likeness (QED) is 0.620. The van der Waals surface area contributed by atoms with Crippen molar-refractivity contribution in [3.63, 3.8) is 0 Å². The maximum absolute atomic E-state index is 6.10. The van der Waals surface area contributed by atoms with E-state index in [1.165, 1.54) is 16.7 Å². The van der Waals surface area contributed by atoms with Gasteiger partial charge in [0.15, 0.2) is 0 Å². The summed E-state index contributed by atoms with van der Waals surface area (Å²) in [6.45, 7) is 6.42. The second-order valence-corrected chi connectivity index (χ2v) is 8.20. The summed E-state index contributed by atoms with van der Waals surface area (Å²) in [5, 5.41) is 0. The molecule has 1 aliphatic carbocycles. The Morgan fingerprint density at radius 2 is 1.83 bits per heavy atom. The van der Waals surface area contributed by atoms with Gasteiger partial charge in [-0.05, 0) is 55.2 Å². The molecule has 2 heterocycles. The van der Waals surface area contributed by atoms with Gasteiger partial charge in [0.05, 0.1) is 11.3 Å². The molecule has 3 aliphatic rings. The smallest absolute Gasteiger partial charge is 0.129 e. The first-order valence-electron chi connectivity index (χ1n) is 10.4. The van der Waals surface area contributed by atoms with Crippen molar-refractivity contribution in [3.8, 4) is 5.75 Å². The minimum Gasteiger partial charge on any atom is -0.457 e. The van der Waals surface area contributed by atoms with Crippen molar-refractivity contribution in [1.82, 2.24) is 4.90 Å². The molecule has 0 bridgehead atoms. The molecule has 0 radical (unpaired) electrons. The first-order chi connectivity index (χ1) is 14.2. The van der Waals surface area contributed by atoms with Crippen molar-refractivity contribution in [2.45, 2.75) is 32.4 Å². The summed E-state index contributed by atoms with van der Waals surface area (Å²) in [4.78, 5) is 7.48. The van der Waals surface area contributed by atoms with Crippen LogP contribution in [-0.2, 0) is 6.54 Å². The van der Waals surface area contributed by atoms with Gasteiger partial charge < -0.3 is 4.74 Å². The molecule has 2 atom stereocenters. The van der Waals surface area contributed by atoms with Crippen LogP contribution in [0, 0.1) is 12.8 Å². The Bertz CT molecular complexity index is 1050. The molecule has 2 aromatic rings. The Labute approximate surface area is 184 Å². The van der Waals surface area contributed by atoms with Crippen molar-refractivity contribution in [2.24, 2.45) is 10.9 Å². The number of hydrogen-bond acceptors (Lipinski definition) is 3. The Morgan fingerprint density at radius 3 is 2.63 bits per heavy atom. The number of benzene rings is 2. The zero-order valence-corrected chi connectivity index (χ0v) is 18.2. The molecule has 2 unspecified atom stereocenters. The first-order valence-corrected chi connectivity index (χ1v) is 10.4. The normalized spacial score (nSPS) is 24.7. The maximum Gasteiger partial charge on any atom is 0.129 e. The van der Waals surface area contributed by atoms with Crippen LogP contribution in [0.5, 0.6) is 5.75 Å². The molecule has 0 saturated carbocycles. The van der Waals surface area contributed by atoms with Gasteiger partial charge in [-0.25, -0.2) is 0 Å². The summed E-state index contributed by atoms with van der Waals surface area (Å²) < 4.78 is 6.10. The average molecular weight is 419 g/mol. The van der Waals surface area contributed by atoms with Crippen molar-refractivity contribution < 1.29 is 4.74 Å². The van der Waals surface area contributed by atoms with E-state index in [0.717, 1.165) is 36.7 Å². The molecule has 2 aromatic carbocycles. The van der Waals surface area contributed by atoms with Gasteiger partial charge in [0.2, 0.25) is 0 Å². The fourth-order valence-corrected chi connectivity index (χ4v) is 4.93. The first kappa shape index (κ1) is 20.6. The lowest BCUT2D eigenvalue weighted by Crippen LogP contribution is -2.54. The highest BCUT2D eigenvalue weighted by atomic mass is 35.5. The Morgan fingerprint density at radius 1 is 1.07 bits per heavy atom. The fourth-order valence-electron chi connectivity index (χ4n) is 4.93. The van der Waals surface area contributed by atoms with E-state index < -0.39 is 0 Å². The van der Waals surface area contributed by atoms with E-state index in [9.17, 15) is 0 Å². The van der Waals surface area contributed by atoms with E-state index >= 15 is 0 Å². The zero-order valence-electron chi connectivity index (χ0n) is 17.4. The number of rotatable bonds is 4. The molecule has 4 heteroatoms. The van der Waals surface area contributed by atoms with Crippen molar-refractivity contribution in [1.29, 1.82) is 0 Å². The molecule has 0 aromatic heterocycles. The summed E-state index contributed by atoms with van der Waals surface area (Å²) in [7, 11) is 0. The summed E-state index contributed by atoms with van der Waals surface area (Å²) in [5.74, 6) is 2.15. The molecule has 30 heavy (non-hydrogen) atoms. The van der Waals surface area contributed by atoms with E-state index in [2.05, 4.69) is 61.2 Å². The highest BCUT2D eigenvalue weighted by Crippen LogP contribution is 2.46. The number of nitrogens with zero attached hydrogens (tertiary/aromatic N) is 2. The van der Waals surface area contributed by atoms with Crippen LogP contribution in [0.3, 0.4) is 0 Å². The second kappa shape index (κ2) is 8.25. The molecular formula is C26H27ClN2O. The van der Waals surface area contributed by atoms with Crippen molar-refractivity contribution >= 4 is 18.1 Å². The number of aryl methyl sites for hydroxylation is 1.